The summed E-state index contributed by atoms with van der Waals surface area (Å²) in [5.74, 6) is 1.29. The van der Waals surface area contributed by atoms with Crippen LogP contribution in [-0.4, -0.2) is 61.8 Å². The van der Waals surface area contributed by atoms with Gasteiger partial charge in [0.2, 0.25) is 5.91 Å². The van der Waals surface area contributed by atoms with E-state index in [1.165, 1.54) is 6.42 Å². The number of likely N-dealkylation sites (tertiary alicyclic amines) is 1. The van der Waals surface area contributed by atoms with Crippen molar-refractivity contribution in [2.24, 2.45) is 11.8 Å². The second-order valence-electron chi connectivity index (χ2n) is 9.12. The molecule has 2 heterocycles. The lowest BCUT2D eigenvalue weighted by Gasteiger charge is -2.46. The van der Waals surface area contributed by atoms with Crippen molar-refractivity contribution in [2.45, 2.75) is 64.5 Å². The molecule has 0 aromatic carbocycles. The number of nitrogens with one attached hydrogen (secondary N) is 2. The van der Waals surface area contributed by atoms with Crippen molar-refractivity contribution in [3.8, 4) is 0 Å². The number of amides is 1. The van der Waals surface area contributed by atoms with Crippen LogP contribution in [0.1, 0.15) is 53.4 Å². The van der Waals surface area contributed by atoms with Crippen LogP contribution in [-0.2, 0) is 9.53 Å². The fourth-order valence-corrected chi connectivity index (χ4v) is 4.77. The standard InChI is InChI=1S/C19H37N3O2/c1-18(2)11-16(12-19(3,4)21-18)10-17(23)20-13-15-6-7-22(14-15)8-9-24-5/h15-16,21H,6-14H2,1-5H3,(H,20,23)/t15-/m1/s1. The summed E-state index contributed by atoms with van der Waals surface area (Å²) < 4.78 is 5.14. The number of carbonyl (C=O) groups excluding carboxylic acids is 1. The second-order valence-corrected chi connectivity index (χ2v) is 9.12. The molecule has 0 radical (unpaired) electrons. The second kappa shape index (κ2) is 8.15. The molecule has 1 amide bonds. The third kappa shape index (κ3) is 6.34. The van der Waals surface area contributed by atoms with Gasteiger partial charge in [-0.15, -0.1) is 0 Å². The Labute approximate surface area is 147 Å². The maximum atomic E-state index is 12.4. The third-order valence-electron chi connectivity index (χ3n) is 5.32. The topological polar surface area (TPSA) is 53.6 Å². The molecule has 0 spiro atoms. The van der Waals surface area contributed by atoms with E-state index in [2.05, 4.69) is 43.2 Å². The number of ether oxygens (including phenoxy) is 1. The van der Waals surface area contributed by atoms with E-state index < -0.39 is 0 Å². The molecule has 2 aliphatic rings. The largest absolute Gasteiger partial charge is 0.383 e. The summed E-state index contributed by atoms with van der Waals surface area (Å²) in [7, 11) is 1.75. The first-order chi connectivity index (χ1) is 11.2. The summed E-state index contributed by atoms with van der Waals surface area (Å²) in [5.41, 5.74) is 0.222. The van der Waals surface area contributed by atoms with Crippen LogP contribution in [0.15, 0.2) is 0 Å². The van der Waals surface area contributed by atoms with Gasteiger partial charge in [-0.3, -0.25) is 4.79 Å². The number of rotatable bonds is 7. The van der Waals surface area contributed by atoms with E-state index in [9.17, 15) is 4.79 Å². The molecular formula is C19H37N3O2. The van der Waals surface area contributed by atoms with Gasteiger partial charge in [-0.2, -0.15) is 0 Å². The molecule has 5 heteroatoms. The van der Waals surface area contributed by atoms with Gasteiger partial charge in [0.05, 0.1) is 6.61 Å². The Bertz CT molecular complexity index is 407. The molecule has 2 saturated heterocycles. The highest BCUT2D eigenvalue weighted by atomic mass is 16.5. The van der Waals surface area contributed by atoms with Gasteiger partial charge in [0.25, 0.3) is 0 Å². The highest BCUT2D eigenvalue weighted by Crippen LogP contribution is 2.34. The summed E-state index contributed by atoms with van der Waals surface area (Å²) in [6.07, 6.45) is 3.97. The lowest BCUT2D eigenvalue weighted by molar-refractivity contribution is -0.122. The van der Waals surface area contributed by atoms with Crippen LogP contribution in [0.25, 0.3) is 0 Å². The SMILES string of the molecule is COCCN1CC[C@H](CNC(=O)CC2CC(C)(C)NC(C)(C)C2)C1. The van der Waals surface area contributed by atoms with Crippen LogP contribution in [0.2, 0.25) is 0 Å². The lowest BCUT2D eigenvalue weighted by Crippen LogP contribution is -2.58. The molecule has 2 fully saturated rings. The number of methoxy groups -OCH3 is 1. The Kier molecular flexibility index (Phi) is 6.68. The zero-order valence-corrected chi connectivity index (χ0v) is 16.3. The third-order valence-corrected chi connectivity index (χ3v) is 5.32. The van der Waals surface area contributed by atoms with E-state index >= 15 is 0 Å². The monoisotopic (exact) mass is 339 g/mol. The highest BCUT2D eigenvalue weighted by molar-refractivity contribution is 5.76. The summed E-state index contributed by atoms with van der Waals surface area (Å²) in [6, 6.07) is 0. The molecule has 140 valence electrons. The van der Waals surface area contributed by atoms with Crippen LogP contribution in [0, 0.1) is 11.8 Å². The van der Waals surface area contributed by atoms with Crippen molar-refractivity contribution >= 4 is 5.91 Å². The van der Waals surface area contributed by atoms with E-state index in [1.807, 2.05) is 0 Å². The number of piperidine rings is 1. The van der Waals surface area contributed by atoms with E-state index in [1.54, 1.807) is 7.11 Å². The molecule has 1 atom stereocenters. The predicted octanol–water partition coefficient (Wildman–Crippen LogP) is 2.02. The molecule has 2 rings (SSSR count). The molecular weight excluding hydrogens is 302 g/mol. The number of hydrogen-bond acceptors (Lipinski definition) is 4. The molecule has 2 aliphatic heterocycles. The van der Waals surface area contributed by atoms with Crippen molar-refractivity contribution in [2.75, 3.05) is 39.9 Å². The zero-order chi connectivity index (χ0) is 17.8. The van der Waals surface area contributed by atoms with Gasteiger partial charge < -0.3 is 20.3 Å². The van der Waals surface area contributed by atoms with Crippen molar-refractivity contribution in [3.63, 3.8) is 0 Å². The van der Waals surface area contributed by atoms with Gasteiger partial charge in [0.1, 0.15) is 0 Å². The van der Waals surface area contributed by atoms with Crippen LogP contribution in [0.3, 0.4) is 0 Å². The molecule has 2 N–H and O–H groups in total. The minimum Gasteiger partial charge on any atom is -0.383 e. The van der Waals surface area contributed by atoms with Crippen molar-refractivity contribution in [1.82, 2.24) is 15.5 Å². The summed E-state index contributed by atoms with van der Waals surface area (Å²) in [6.45, 7) is 13.8. The van der Waals surface area contributed by atoms with Crippen molar-refractivity contribution in [1.29, 1.82) is 0 Å². The van der Waals surface area contributed by atoms with Crippen molar-refractivity contribution < 1.29 is 9.53 Å². The minimum absolute atomic E-state index is 0.111. The molecule has 0 bridgehead atoms. The molecule has 0 aromatic heterocycles. The molecule has 0 aliphatic carbocycles. The first kappa shape index (κ1) is 19.7. The van der Waals surface area contributed by atoms with E-state index in [0.717, 1.165) is 45.6 Å². The van der Waals surface area contributed by atoms with Gasteiger partial charge >= 0.3 is 0 Å². The first-order valence-corrected chi connectivity index (χ1v) is 9.46. The predicted molar refractivity (Wildman–Crippen MR) is 98.1 cm³/mol. The molecule has 24 heavy (non-hydrogen) atoms. The van der Waals surface area contributed by atoms with Crippen molar-refractivity contribution in [3.05, 3.63) is 0 Å². The maximum Gasteiger partial charge on any atom is 0.220 e. The Morgan fingerprint density at radius 3 is 2.50 bits per heavy atom. The smallest absolute Gasteiger partial charge is 0.220 e. The fourth-order valence-electron chi connectivity index (χ4n) is 4.77. The molecule has 5 nitrogen and oxygen atoms in total. The minimum atomic E-state index is 0.111. The van der Waals surface area contributed by atoms with Crippen LogP contribution in [0.4, 0.5) is 0 Å². The maximum absolute atomic E-state index is 12.4. The average molecular weight is 340 g/mol. The van der Waals surface area contributed by atoms with Gasteiger partial charge in [-0.05, 0) is 65.3 Å². The van der Waals surface area contributed by atoms with Crippen LogP contribution < -0.4 is 10.6 Å². The summed E-state index contributed by atoms with van der Waals surface area (Å²) in [4.78, 5) is 14.8. The zero-order valence-electron chi connectivity index (χ0n) is 16.3. The summed E-state index contributed by atoms with van der Waals surface area (Å²) >= 11 is 0. The van der Waals surface area contributed by atoms with Gasteiger partial charge in [-0.25, -0.2) is 0 Å². The van der Waals surface area contributed by atoms with Crippen LogP contribution >= 0.6 is 0 Å². The molecule has 0 aromatic rings. The Balaban J connectivity index is 1.70. The normalized spacial score (nSPS) is 27.3. The number of hydrogen-bond donors (Lipinski definition) is 2. The van der Waals surface area contributed by atoms with Gasteiger partial charge in [0, 0.05) is 44.2 Å². The Morgan fingerprint density at radius 1 is 1.21 bits per heavy atom. The summed E-state index contributed by atoms with van der Waals surface area (Å²) in [5, 5.41) is 6.87. The Morgan fingerprint density at radius 2 is 1.88 bits per heavy atom. The number of carbonyl (C=O) groups is 1. The quantitative estimate of drug-likeness (QED) is 0.745. The molecule has 0 saturated carbocycles. The van der Waals surface area contributed by atoms with E-state index in [0.29, 0.717) is 18.3 Å². The van der Waals surface area contributed by atoms with E-state index in [4.69, 9.17) is 4.74 Å². The first-order valence-electron chi connectivity index (χ1n) is 9.46. The fraction of sp³-hybridized carbons (Fsp3) is 0.947. The lowest BCUT2D eigenvalue weighted by atomic mass is 9.74. The molecule has 0 unspecified atom stereocenters. The average Bonchev–Trinajstić information content (AvgIpc) is 2.87. The van der Waals surface area contributed by atoms with E-state index in [-0.39, 0.29) is 17.0 Å². The van der Waals surface area contributed by atoms with Crippen LogP contribution in [0.5, 0.6) is 0 Å². The number of nitrogens with zero attached hydrogens (tertiary/aromatic N) is 1. The van der Waals surface area contributed by atoms with Gasteiger partial charge in [-0.1, -0.05) is 0 Å². The van der Waals surface area contributed by atoms with Gasteiger partial charge in [0.15, 0.2) is 0 Å². The highest BCUT2D eigenvalue weighted by Gasteiger charge is 2.38. The Hall–Kier alpha value is -0.650.